The Balaban J connectivity index is 1.42. The number of imide groups is 1. The maximum absolute atomic E-state index is 13.6. The number of benzene rings is 1. The van der Waals surface area contributed by atoms with Crippen LogP contribution < -0.4 is 10.2 Å². The van der Waals surface area contributed by atoms with Gasteiger partial charge in [0.15, 0.2) is 6.10 Å². The number of aryl methyl sites for hydroxylation is 1. The number of amides is 4. The van der Waals surface area contributed by atoms with Crippen molar-refractivity contribution in [3.05, 3.63) is 54.0 Å². The first kappa shape index (κ1) is 20.8. The Morgan fingerprint density at radius 3 is 2.66 bits per heavy atom. The highest BCUT2D eigenvalue weighted by Crippen LogP contribution is 2.43. The highest BCUT2D eigenvalue weighted by atomic mass is 16.5. The summed E-state index contributed by atoms with van der Waals surface area (Å²) < 4.78 is 11.5. The minimum Gasteiger partial charge on any atom is -0.467 e. The van der Waals surface area contributed by atoms with Gasteiger partial charge in [-0.1, -0.05) is 30.5 Å². The van der Waals surface area contributed by atoms with Gasteiger partial charge in [0.05, 0.1) is 30.6 Å². The Hall–Kier alpha value is -3.13. The molecule has 0 spiro atoms. The van der Waals surface area contributed by atoms with E-state index in [-0.39, 0.29) is 36.9 Å². The lowest BCUT2D eigenvalue weighted by Crippen LogP contribution is -2.66. The van der Waals surface area contributed by atoms with E-state index in [1.165, 1.54) is 0 Å². The monoisotopic (exact) mass is 437 g/mol. The molecule has 3 fully saturated rings. The Morgan fingerprint density at radius 2 is 1.91 bits per heavy atom. The SMILES string of the molecule is Cc1ccc(N2C(=O)C3OC4CCCCC4C3N(CC(=O)NCc3ccco3)C2=O)cc1. The molecule has 1 saturated carbocycles. The average molecular weight is 437 g/mol. The van der Waals surface area contributed by atoms with Crippen molar-refractivity contribution in [1.82, 2.24) is 10.2 Å². The van der Waals surface area contributed by atoms with E-state index in [4.69, 9.17) is 9.15 Å². The molecule has 8 heteroatoms. The zero-order valence-electron chi connectivity index (χ0n) is 18.0. The van der Waals surface area contributed by atoms with E-state index in [0.29, 0.717) is 11.4 Å². The molecular formula is C24H27N3O5. The molecule has 3 heterocycles. The third-order valence-electron chi connectivity index (χ3n) is 6.73. The number of fused-ring (bicyclic) bond motifs is 3. The fourth-order valence-corrected chi connectivity index (χ4v) is 5.17. The molecular weight excluding hydrogens is 410 g/mol. The summed E-state index contributed by atoms with van der Waals surface area (Å²) in [5.74, 6) is 0.0605. The molecule has 1 aromatic carbocycles. The summed E-state index contributed by atoms with van der Waals surface area (Å²) in [6.07, 6.45) is 4.60. The van der Waals surface area contributed by atoms with Gasteiger partial charge in [0.25, 0.3) is 5.91 Å². The average Bonchev–Trinajstić information content (AvgIpc) is 3.45. The third kappa shape index (κ3) is 3.68. The molecule has 4 amide bonds. The zero-order chi connectivity index (χ0) is 22.2. The first-order chi connectivity index (χ1) is 15.5. The minimum absolute atomic E-state index is 0.0536. The number of hydrogen-bond donors (Lipinski definition) is 1. The van der Waals surface area contributed by atoms with E-state index < -0.39 is 18.2 Å². The summed E-state index contributed by atoms with van der Waals surface area (Å²) in [7, 11) is 0. The molecule has 0 radical (unpaired) electrons. The lowest BCUT2D eigenvalue weighted by Gasteiger charge is -2.42. The number of nitrogens with one attached hydrogen (secondary N) is 1. The van der Waals surface area contributed by atoms with Crippen molar-refractivity contribution in [2.45, 2.75) is 57.4 Å². The molecule has 1 N–H and O–H groups in total. The molecule has 3 aliphatic rings. The van der Waals surface area contributed by atoms with Crippen molar-refractivity contribution in [3.8, 4) is 0 Å². The summed E-state index contributed by atoms with van der Waals surface area (Å²) in [5.41, 5.74) is 1.52. The van der Waals surface area contributed by atoms with Crippen molar-refractivity contribution < 1.29 is 23.5 Å². The van der Waals surface area contributed by atoms with Crippen LogP contribution in [0.5, 0.6) is 0 Å². The second kappa shape index (κ2) is 8.43. The van der Waals surface area contributed by atoms with Crippen LogP contribution >= 0.6 is 0 Å². The summed E-state index contributed by atoms with van der Waals surface area (Å²) in [5, 5.41) is 2.81. The van der Waals surface area contributed by atoms with Crippen LogP contribution in [0.1, 0.15) is 37.0 Å². The standard InChI is InChI=1S/C24H27N3O5/c1-15-8-10-16(11-9-15)27-23(29)22-21(18-6-2-3-7-19(18)32-22)26(24(27)30)14-20(28)25-13-17-5-4-12-31-17/h4-5,8-12,18-19,21-22H,2-3,6-7,13-14H2,1H3,(H,25,28). The fraction of sp³-hybridized carbons (Fsp3) is 0.458. The van der Waals surface area contributed by atoms with Gasteiger partial charge in [0.1, 0.15) is 12.3 Å². The lowest BCUT2D eigenvalue weighted by atomic mass is 9.81. The van der Waals surface area contributed by atoms with Gasteiger partial charge in [-0.2, -0.15) is 0 Å². The maximum atomic E-state index is 13.6. The molecule has 168 valence electrons. The van der Waals surface area contributed by atoms with E-state index in [2.05, 4.69) is 5.32 Å². The molecule has 4 unspecified atom stereocenters. The number of anilines is 1. The zero-order valence-corrected chi connectivity index (χ0v) is 18.0. The van der Waals surface area contributed by atoms with E-state index >= 15 is 0 Å². The van der Waals surface area contributed by atoms with Gasteiger partial charge in [-0.15, -0.1) is 0 Å². The van der Waals surface area contributed by atoms with Crippen LogP contribution in [0, 0.1) is 12.8 Å². The summed E-state index contributed by atoms with van der Waals surface area (Å²) in [4.78, 5) is 42.5. The van der Waals surface area contributed by atoms with Gasteiger partial charge in [-0.3, -0.25) is 9.59 Å². The molecule has 4 atom stereocenters. The van der Waals surface area contributed by atoms with Crippen molar-refractivity contribution in [3.63, 3.8) is 0 Å². The first-order valence-corrected chi connectivity index (χ1v) is 11.2. The quantitative estimate of drug-likeness (QED) is 0.776. The Labute approximate surface area is 186 Å². The molecule has 32 heavy (non-hydrogen) atoms. The van der Waals surface area contributed by atoms with Gasteiger partial charge in [-0.05, 0) is 44.0 Å². The predicted molar refractivity (Wildman–Crippen MR) is 116 cm³/mol. The predicted octanol–water partition coefficient (Wildman–Crippen LogP) is 3.00. The fourth-order valence-electron chi connectivity index (χ4n) is 5.17. The topological polar surface area (TPSA) is 92.1 Å². The van der Waals surface area contributed by atoms with Gasteiger partial charge in [-0.25, -0.2) is 9.69 Å². The van der Waals surface area contributed by atoms with Gasteiger partial charge in [0.2, 0.25) is 5.91 Å². The van der Waals surface area contributed by atoms with Gasteiger partial charge < -0.3 is 19.4 Å². The van der Waals surface area contributed by atoms with E-state index in [0.717, 1.165) is 36.1 Å². The largest absolute Gasteiger partial charge is 0.467 e. The maximum Gasteiger partial charge on any atom is 0.332 e. The minimum atomic E-state index is -0.750. The number of ether oxygens (including phenoxy) is 1. The summed E-state index contributed by atoms with van der Waals surface area (Å²) in [6, 6.07) is 9.86. The van der Waals surface area contributed by atoms with Crippen molar-refractivity contribution >= 4 is 23.5 Å². The second-order valence-corrected chi connectivity index (χ2v) is 8.81. The molecule has 5 rings (SSSR count). The van der Waals surface area contributed by atoms with E-state index in [1.807, 2.05) is 19.1 Å². The van der Waals surface area contributed by atoms with Crippen LogP contribution in [0.15, 0.2) is 47.1 Å². The van der Waals surface area contributed by atoms with Crippen LogP contribution in [-0.2, 0) is 20.9 Å². The number of rotatable bonds is 5. The molecule has 1 aliphatic carbocycles. The molecule has 8 nitrogen and oxygen atoms in total. The number of hydrogen-bond acceptors (Lipinski definition) is 5. The van der Waals surface area contributed by atoms with Crippen LogP contribution in [0.25, 0.3) is 0 Å². The van der Waals surface area contributed by atoms with Crippen LogP contribution in [-0.4, -0.2) is 47.5 Å². The summed E-state index contributed by atoms with van der Waals surface area (Å²) in [6.45, 7) is 2.05. The smallest absolute Gasteiger partial charge is 0.332 e. The van der Waals surface area contributed by atoms with E-state index in [1.54, 1.807) is 35.4 Å². The van der Waals surface area contributed by atoms with Gasteiger partial charge >= 0.3 is 6.03 Å². The van der Waals surface area contributed by atoms with Crippen LogP contribution in [0.3, 0.4) is 0 Å². The molecule has 0 bridgehead atoms. The lowest BCUT2D eigenvalue weighted by molar-refractivity contribution is -0.134. The number of urea groups is 1. The Kier molecular flexibility index (Phi) is 5.46. The normalized spacial score (nSPS) is 27.3. The Morgan fingerprint density at radius 1 is 1.12 bits per heavy atom. The van der Waals surface area contributed by atoms with Crippen LogP contribution in [0.4, 0.5) is 10.5 Å². The number of nitrogens with zero attached hydrogens (tertiary/aromatic N) is 2. The number of carbonyl (C=O) groups excluding carboxylic acids is 3. The number of furan rings is 1. The number of carbonyl (C=O) groups is 3. The highest BCUT2D eigenvalue weighted by Gasteiger charge is 2.57. The Bertz CT molecular complexity index is 1000. The van der Waals surface area contributed by atoms with Crippen molar-refractivity contribution in [2.24, 2.45) is 5.92 Å². The third-order valence-corrected chi connectivity index (χ3v) is 6.73. The highest BCUT2D eigenvalue weighted by molar-refractivity contribution is 6.18. The first-order valence-electron chi connectivity index (χ1n) is 11.2. The van der Waals surface area contributed by atoms with Crippen LogP contribution in [0.2, 0.25) is 0 Å². The molecule has 2 aliphatic heterocycles. The van der Waals surface area contributed by atoms with E-state index in [9.17, 15) is 14.4 Å². The molecule has 2 aromatic rings. The van der Waals surface area contributed by atoms with Crippen molar-refractivity contribution in [1.29, 1.82) is 0 Å². The summed E-state index contributed by atoms with van der Waals surface area (Å²) >= 11 is 0. The molecule has 1 aromatic heterocycles. The van der Waals surface area contributed by atoms with Crippen molar-refractivity contribution in [2.75, 3.05) is 11.4 Å². The van der Waals surface area contributed by atoms with Gasteiger partial charge in [0, 0.05) is 5.92 Å². The molecule has 2 saturated heterocycles. The second-order valence-electron chi connectivity index (χ2n) is 8.81.